The van der Waals surface area contributed by atoms with Gasteiger partial charge in [0, 0.05) is 32.2 Å². The second-order valence-corrected chi connectivity index (χ2v) is 6.79. The molecule has 1 unspecified atom stereocenters. The van der Waals surface area contributed by atoms with E-state index >= 15 is 0 Å². The summed E-state index contributed by atoms with van der Waals surface area (Å²) in [6.45, 7) is 6.26. The third-order valence-electron chi connectivity index (χ3n) is 5.13. The molecular weight excluding hydrogens is 358 g/mol. The van der Waals surface area contributed by atoms with E-state index < -0.39 is 0 Å². The molecule has 2 aromatic carbocycles. The first-order valence-corrected chi connectivity index (χ1v) is 9.31. The standard InChI is InChI=1S/C21H25N5.ClH/c1-2-17-3-7-19(8-4-17)21-13-22-11-12-25(21)14-18-5-9-20(10-6-18)26-16-23-15-24-26;/h3-10,15-16,21-22H,2,11-14H2,1H3;1H. The molecule has 0 bridgehead atoms. The maximum atomic E-state index is 4.18. The number of halogens is 1. The summed E-state index contributed by atoms with van der Waals surface area (Å²) >= 11 is 0. The molecule has 1 aliphatic rings. The average molecular weight is 384 g/mol. The predicted molar refractivity (Wildman–Crippen MR) is 110 cm³/mol. The number of nitrogens with one attached hydrogen (secondary N) is 1. The quantitative estimate of drug-likeness (QED) is 0.733. The number of hydrogen-bond acceptors (Lipinski definition) is 4. The fourth-order valence-corrected chi connectivity index (χ4v) is 3.57. The van der Waals surface area contributed by atoms with E-state index in [0.29, 0.717) is 6.04 Å². The number of piperazine rings is 1. The molecule has 5 nitrogen and oxygen atoms in total. The molecule has 1 saturated heterocycles. The summed E-state index contributed by atoms with van der Waals surface area (Å²) in [6.07, 6.45) is 4.37. The van der Waals surface area contributed by atoms with Gasteiger partial charge in [0.15, 0.2) is 0 Å². The van der Waals surface area contributed by atoms with Crippen LogP contribution in [0.5, 0.6) is 0 Å². The summed E-state index contributed by atoms with van der Waals surface area (Å²) in [5.74, 6) is 0. The van der Waals surface area contributed by atoms with Crippen molar-refractivity contribution in [3.8, 4) is 5.69 Å². The second kappa shape index (κ2) is 9.13. The van der Waals surface area contributed by atoms with Crippen LogP contribution in [-0.2, 0) is 13.0 Å². The molecule has 142 valence electrons. The van der Waals surface area contributed by atoms with E-state index in [0.717, 1.165) is 38.3 Å². The summed E-state index contributed by atoms with van der Waals surface area (Å²) in [7, 11) is 0. The van der Waals surface area contributed by atoms with Crippen LogP contribution in [0, 0.1) is 0 Å². The number of rotatable bonds is 5. The van der Waals surface area contributed by atoms with E-state index in [2.05, 4.69) is 75.8 Å². The summed E-state index contributed by atoms with van der Waals surface area (Å²) in [5.41, 5.74) is 5.16. The number of benzene rings is 2. The molecule has 0 saturated carbocycles. The zero-order valence-electron chi connectivity index (χ0n) is 15.6. The van der Waals surface area contributed by atoms with E-state index in [1.807, 2.05) is 0 Å². The van der Waals surface area contributed by atoms with E-state index in [9.17, 15) is 0 Å². The van der Waals surface area contributed by atoms with Gasteiger partial charge in [-0.3, -0.25) is 4.90 Å². The topological polar surface area (TPSA) is 46.0 Å². The summed E-state index contributed by atoms with van der Waals surface area (Å²) < 4.78 is 1.78. The molecular formula is C21H26ClN5. The Labute approximate surface area is 166 Å². The third-order valence-corrected chi connectivity index (χ3v) is 5.13. The predicted octanol–water partition coefficient (Wildman–Crippen LogP) is 3.40. The van der Waals surface area contributed by atoms with Crippen molar-refractivity contribution >= 4 is 12.4 Å². The molecule has 3 aromatic rings. The zero-order valence-corrected chi connectivity index (χ0v) is 16.4. The second-order valence-electron chi connectivity index (χ2n) is 6.79. The Balaban J connectivity index is 0.00000210. The SMILES string of the molecule is CCc1ccc(C2CNCCN2Cc2ccc(-n3cncn3)cc2)cc1.Cl. The minimum absolute atomic E-state index is 0. The average Bonchev–Trinajstić information content (AvgIpc) is 3.24. The minimum atomic E-state index is 0. The van der Waals surface area contributed by atoms with Gasteiger partial charge in [0.2, 0.25) is 0 Å². The van der Waals surface area contributed by atoms with Crippen LogP contribution >= 0.6 is 12.4 Å². The van der Waals surface area contributed by atoms with Crippen molar-refractivity contribution < 1.29 is 0 Å². The summed E-state index contributed by atoms with van der Waals surface area (Å²) in [5, 5.41) is 7.73. The smallest absolute Gasteiger partial charge is 0.138 e. The van der Waals surface area contributed by atoms with Gasteiger partial charge in [-0.1, -0.05) is 43.3 Å². The largest absolute Gasteiger partial charge is 0.314 e. The van der Waals surface area contributed by atoms with Gasteiger partial charge in [0.1, 0.15) is 12.7 Å². The first-order valence-electron chi connectivity index (χ1n) is 9.31. The van der Waals surface area contributed by atoms with E-state index in [4.69, 9.17) is 0 Å². The maximum Gasteiger partial charge on any atom is 0.138 e. The lowest BCUT2D eigenvalue weighted by Gasteiger charge is -2.36. The molecule has 0 aliphatic carbocycles. The van der Waals surface area contributed by atoms with Crippen LogP contribution in [0.25, 0.3) is 5.69 Å². The Morgan fingerprint density at radius 2 is 1.78 bits per heavy atom. The van der Waals surface area contributed by atoms with Gasteiger partial charge in [0.05, 0.1) is 5.69 Å². The van der Waals surface area contributed by atoms with Crippen LogP contribution < -0.4 is 5.32 Å². The van der Waals surface area contributed by atoms with Gasteiger partial charge in [-0.05, 0) is 35.2 Å². The van der Waals surface area contributed by atoms with Gasteiger partial charge in [-0.2, -0.15) is 5.10 Å². The van der Waals surface area contributed by atoms with Crippen molar-refractivity contribution in [3.05, 3.63) is 77.9 Å². The Bertz CT molecular complexity index is 815. The van der Waals surface area contributed by atoms with Crippen molar-refractivity contribution in [2.24, 2.45) is 0 Å². The number of nitrogens with zero attached hydrogens (tertiary/aromatic N) is 4. The zero-order chi connectivity index (χ0) is 17.8. The fraction of sp³-hybridized carbons (Fsp3) is 0.333. The maximum absolute atomic E-state index is 4.18. The molecule has 1 atom stereocenters. The normalized spacial score (nSPS) is 17.4. The Kier molecular flexibility index (Phi) is 6.61. The number of aromatic nitrogens is 3. The lowest BCUT2D eigenvalue weighted by molar-refractivity contribution is 0.154. The van der Waals surface area contributed by atoms with Crippen LogP contribution in [0.15, 0.2) is 61.2 Å². The van der Waals surface area contributed by atoms with Crippen LogP contribution in [0.3, 0.4) is 0 Å². The molecule has 27 heavy (non-hydrogen) atoms. The highest BCUT2D eigenvalue weighted by atomic mass is 35.5. The minimum Gasteiger partial charge on any atom is -0.314 e. The highest BCUT2D eigenvalue weighted by molar-refractivity contribution is 5.85. The van der Waals surface area contributed by atoms with Crippen LogP contribution in [0.1, 0.15) is 29.7 Å². The molecule has 0 radical (unpaired) electrons. The molecule has 1 aliphatic heterocycles. The lowest BCUT2D eigenvalue weighted by atomic mass is 10.00. The molecule has 1 fully saturated rings. The molecule has 2 heterocycles. The van der Waals surface area contributed by atoms with Gasteiger partial charge in [0.25, 0.3) is 0 Å². The third kappa shape index (κ3) is 4.56. The van der Waals surface area contributed by atoms with Gasteiger partial charge in [-0.25, -0.2) is 9.67 Å². The molecule has 1 N–H and O–H groups in total. The lowest BCUT2D eigenvalue weighted by Crippen LogP contribution is -2.45. The highest BCUT2D eigenvalue weighted by Gasteiger charge is 2.23. The number of aryl methyl sites for hydroxylation is 1. The Hall–Kier alpha value is -2.21. The molecule has 6 heteroatoms. The molecule has 4 rings (SSSR count). The van der Waals surface area contributed by atoms with Gasteiger partial charge >= 0.3 is 0 Å². The van der Waals surface area contributed by atoms with E-state index in [-0.39, 0.29) is 12.4 Å². The Morgan fingerprint density at radius 1 is 1.04 bits per heavy atom. The van der Waals surface area contributed by atoms with E-state index in [1.165, 1.54) is 16.7 Å². The van der Waals surface area contributed by atoms with Gasteiger partial charge < -0.3 is 5.32 Å². The highest BCUT2D eigenvalue weighted by Crippen LogP contribution is 2.25. The first kappa shape index (κ1) is 19.5. The van der Waals surface area contributed by atoms with E-state index in [1.54, 1.807) is 17.3 Å². The monoisotopic (exact) mass is 383 g/mol. The Morgan fingerprint density at radius 3 is 2.44 bits per heavy atom. The van der Waals surface area contributed by atoms with Crippen molar-refractivity contribution in [3.63, 3.8) is 0 Å². The number of hydrogen-bond donors (Lipinski definition) is 1. The molecule has 1 aromatic heterocycles. The first-order chi connectivity index (χ1) is 12.8. The summed E-state index contributed by atoms with van der Waals surface area (Å²) in [6, 6.07) is 18.1. The van der Waals surface area contributed by atoms with Crippen molar-refractivity contribution in [1.82, 2.24) is 25.0 Å². The van der Waals surface area contributed by atoms with Crippen LogP contribution in [-0.4, -0.2) is 39.3 Å². The van der Waals surface area contributed by atoms with Crippen molar-refractivity contribution in [2.75, 3.05) is 19.6 Å². The molecule has 0 spiro atoms. The molecule has 0 amide bonds. The van der Waals surface area contributed by atoms with Crippen molar-refractivity contribution in [1.29, 1.82) is 0 Å². The summed E-state index contributed by atoms with van der Waals surface area (Å²) in [4.78, 5) is 6.58. The van der Waals surface area contributed by atoms with Gasteiger partial charge in [-0.15, -0.1) is 12.4 Å². The van der Waals surface area contributed by atoms with Crippen LogP contribution in [0.2, 0.25) is 0 Å². The van der Waals surface area contributed by atoms with Crippen LogP contribution in [0.4, 0.5) is 0 Å². The fourth-order valence-electron chi connectivity index (χ4n) is 3.57. The van der Waals surface area contributed by atoms with Crippen molar-refractivity contribution in [2.45, 2.75) is 25.9 Å².